The SMILES string of the molecule is CC(C)c1cc(C(=N)N(C(=N)c2ccncc2)c2ccc(N3CCN(C)CC3)cc2)c(O)cc1O. The molecule has 3 aromatic rings. The van der Waals surface area contributed by atoms with Gasteiger partial charge in [-0.05, 0) is 61.0 Å². The summed E-state index contributed by atoms with van der Waals surface area (Å²) in [5.74, 6) is -0.195. The number of nitrogens with one attached hydrogen (secondary N) is 2. The Labute approximate surface area is 206 Å². The summed E-state index contributed by atoms with van der Waals surface area (Å²) < 4.78 is 0. The van der Waals surface area contributed by atoms with E-state index in [1.807, 2.05) is 38.1 Å². The molecule has 4 N–H and O–H groups in total. The number of pyridine rings is 1. The summed E-state index contributed by atoms with van der Waals surface area (Å²) >= 11 is 0. The second-order valence-corrected chi connectivity index (χ2v) is 9.16. The van der Waals surface area contributed by atoms with Gasteiger partial charge in [-0.15, -0.1) is 0 Å². The van der Waals surface area contributed by atoms with E-state index >= 15 is 0 Å². The summed E-state index contributed by atoms with van der Waals surface area (Å²) in [6, 6.07) is 14.2. The molecule has 0 radical (unpaired) electrons. The first kappa shape index (κ1) is 24.2. The number of phenols is 2. The van der Waals surface area contributed by atoms with Gasteiger partial charge in [-0.3, -0.25) is 20.7 Å². The van der Waals surface area contributed by atoms with E-state index in [1.165, 1.54) is 11.0 Å². The highest BCUT2D eigenvalue weighted by molar-refractivity contribution is 6.28. The van der Waals surface area contributed by atoms with Crippen LogP contribution in [-0.4, -0.2) is 65.0 Å². The Balaban J connectivity index is 1.73. The van der Waals surface area contributed by atoms with Crippen LogP contribution in [0.3, 0.4) is 0 Å². The molecule has 1 aliphatic rings. The molecule has 182 valence electrons. The van der Waals surface area contributed by atoms with Gasteiger partial charge in [-0.2, -0.15) is 0 Å². The summed E-state index contributed by atoms with van der Waals surface area (Å²) in [5, 5.41) is 38.9. The van der Waals surface area contributed by atoms with Crippen molar-refractivity contribution in [2.24, 2.45) is 0 Å². The highest BCUT2D eigenvalue weighted by Crippen LogP contribution is 2.34. The van der Waals surface area contributed by atoms with E-state index in [-0.39, 0.29) is 34.7 Å². The van der Waals surface area contributed by atoms with Gasteiger partial charge in [-0.1, -0.05) is 13.8 Å². The van der Waals surface area contributed by atoms with Crippen LogP contribution in [0.2, 0.25) is 0 Å². The lowest BCUT2D eigenvalue weighted by Gasteiger charge is -2.34. The number of amidine groups is 2. The third-order valence-corrected chi connectivity index (χ3v) is 6.40. The lowest BCUT2D eigenvalue weighted by atomic mass is 9.98. The summed E-state index contributed by atoms with van der Waals surface area (Å²) in [7, 11) is 2.12. The molecule has 0 spiro atoms. The molecule has 0 saturated carbocycles. The highest BCUT2D eigenvalue weighted by atomic mass is 16.3. The predicted octanol–water partition coefficient (Wildman–Crippen LogP) is 4.23. The normalized spacial score (nSPS) is 14.2. The summed E-state index contributed by atoms with van der Waals surface area (Å²) in [4.78, 5) is 10.2. The van der Waals surface area contributed by atoms with Crippen LogP contribution in [0.15, 0.2) is 60.9 Å². The van der Waals surface area contributed by atoms with Gasteiger partial charge in [0.1, 0.15) is 23.2 Å². The van der Waals surface area contributed by atoms with E-state index < -0.39 is 0 Å². The van der Waals surface area contributed by atoms with Crippen molar-refractivity contribution in [1.82, 2.24) is 9.88 Å². The lowest BCUT2D eigenvalue weighted by Crippen LogP contribution is -2.44. The van der Waals surface area contributed by atoms with Crippen LogP contribution in [-0.2, 0) is 0 Å². The molecule has 0 amide bonds. The first-order valence-corrected chi connectivity index (χ1v) is 11.7. The van der Waals surface area contributed by atoms with Crippen LogP contribution in [0.1, 0.15) is 36.5 Å². The average molecular weight is 473 g/mol. The number of phenolic OH excluding ortho intramolecular Hbond substituents is 2. The molecule has 0 atom stereocenters. The van der Waals surface area contributed by atoms with Gasteiger partial charge < -0.3 is 20.0 Å². The Morgan fingerprint density at radius 3 is 2.11 bits per heavy atom. The fraction of sp³-hybridized carbons (Fsp3) is 0.296. The van der Waals surface area contributed by atoms with Crippen molar-refractivity contribution in [2.45, 2.75) is 19.8 Å². The van der Waals surface area contributed by atoms with E-state index in [1.54, 1.807) is 30.6 Å². The fourth-order valence-electron chi connectivity index (χ4n) is 4.25. The number of benzene rings is 2. The zero-order valence-electron chi connectivity index (χ0n) is 20.4. The van der Waals surface area contributed by atoms with Crippen molar-refractivity contribution in [3.8, 4) is 11.5 Å². The van der Waals surface area contributed by atoms with Crippen molar-refractivity contribution >= 4 is 23.0 Å². The standard InChI is InChI=1S/C27H32N6O2/c1-18(2)22-16-23(25(35)17-24(22)34)27(29)33(26(28)19-8-10-30-11-9-19)21-6-4-20(5-7-21)32-14-12-31(3)13-15-32/h4-11,16-18,28-29,34-35H,12-15H2,1-3H3. The number of nitrogens with zero attached hydrogens (tertiary/aromatic N) is 4. The molecule has 2 heterocycles. The zero-order chi connectivity index (χ0) is 25.1. The van der Waals surface area contributed by atoms with Crippen LogP contribution in [0.4, 0.5) is 11.4 Å². The number of hydrogen-bond donors (Lipinski definition) is 4. The molecule has 1 fully saturated rings. The number of aromatic nitrogens is 1. The smallest absolute Gasteiger partial charge is 0.142 e. The molecule has 4 rings (SSSR count). The van der Waals surface area contributed by atoms with Crippen LogP contribution in [0, 0.1) is 10.8 Å². The lowest BCUT2D eigenvalue weighted by molar-refractivity contribution is 0.313. The molecule has 1 aromatic heterocycles. The van der Waals surface area contributed by atoms with Gasteiger partial charge in [-0.25, -0.2) is 0 Å². The van der Waals surface area contributed by atoms with E-state index in [2.05, 4.69) is 21.8 Å². The van der Waals surface area contributed by atoms with E-state index in [4.69, 9.17) is 10.8 Å². The van der Waals surface area contributed by atoms with Crippen molar-refractivity contribution in [1.29, 1.82) is 10.8 Å². The molecule has 0 bridgehead atoms. The monoisotopic (exact) mass is 472 g/mol. The van der Waals surface area contributed by atoms with E-state index in [9.17, 15) is 10.2 Å². The topological polar surface area (TPSA) is 111 Å². The number of anilines is 2. The molecule has 35 heavy (non-hydrogen) atoms. The Morgan fingerprint density at radius 1 is 0.886 bits per heavy atom. The van der Waals surface area contributed by atoms with Crippen LogP contribution < -0.4 is 9.80 Å². The van der Waals surface area contributed by atoms with Gasteiger partial charge in [0.15, 0.2) is 0 Å². The summed E-state index contributed by atoms with van der Waals surface area (Å²) in [6.45, 7) is 7.77. The highest BCUT2D eigenvalue weighted by Gasteiger charge is 2.25. The average Bonchev–Trinajstić information content (AvgIpc) is 2.85. The van der Waals surface area contributed by atoms with Crippen LogP contribution >= 0.6 is 0 Å². The first-order chi connectivity index (χ1) is 16.8. The minimum absolute atomic E-state index is 0.00174. The molecule has 8 heteroatoms. The maximum absolute atomic E-state index is 10.6. The number of piperazine rings is 1. The van der Waals surface area contributed by atoms with E-state index in [0.29, 0.717) is 16.8 Å². The largest absolute Gasteiger partial charge is 0.508 e. The maximum atomic E-state index is 10.6. The maximum Gasteiger partial charge on any atom is 0.142 e. The number of rotatable bonds is 5. The van der Waals surface area contributed by atoms with Crippen LogP contribution in [0.5, 0.6) is 11.5 Å². The minimum atomic E-state index is -0.210. The van der Waals surface area contributed by atoms with Crippen molar-refractivity contribution in [3.63, 3.8) is 0 Å². The van der Waals surface area contributed by atoms with E-state index in [0.717, 1.165) is 31.9 Å². The molecule has 0 aliphatic carbocycles. The molecule has 8 nitrogen and oxygen atoms in total. The van der Waals surface area contributed by atoms with Gasteiger partial charge in [0.25, 0.3) is 0 Å². The van der Waals surface area contributed by atoms with Gasteiger partial charge >= 0.3 is 0 Å². The minimum Gasteiger partial charge on any atom is -0.508 e. The second-order valence-electron chi connectivity index (χ2n) is 9.16. The van der Waals surface area contributed by atoms with Gasteiger partial charge in [0, 0.05) is 61.6 Å². The Kier molecular flexibility index (Phi) is 7.02. The second kappa shape index (κ2) is 10.1. The Morgan fingerprint density at radius 2 is 1.51 bits per heavy atom. The molecule has 1 aliphatic heterocycles. The fourth-order valence-corrected chi connectivity index (χ4v) is 4.25. The zero-order valence-corrected chi connectivity index (χ0v) is 20.4. The molecular weight excluding hydrogens is 440 g/mol. The molecule has 1 saturated heterocycles. The third kappa shape index (κ3) is 5.12. The quantitative estimate of drug-likeness (QED) is 0.327. The first-order valence-electron chi connectivity index (χ1n) is 11.7. The number of aromatic hydroxyl groups is 2. The number of likely N-dealkylation sites (N-methyl/N-ethyl adjacent to an activating group) is 1. The third-order valence-electron chi connectivity index (χ3n) is 6.40. The van der Waals surface area contributed by atoms with Crippen LogP contribution in [0.25, 0.3) is 0 Å². The summed E-state index contributed by atoms with van der Waals surface area (Å²) in [6.07, 6.45) is 3.22. The molecular formula is C27H32N6O2. The van der Waals surface area contributed by atoms with Gasteiger partial charge in [0.05, 0.1) is 5.56 Å². The number of hydrogen-bond acceptors (Lipinski definition) is 7. The van der Waals surface area contributed by atoms with Crippen molar-refractivity contribution in [3.05, 3.63) is 77.6 Å². The predicted molar refractivity (Wildman–Crippen MR) is 140 cm³/mol. The van der Waals surface area contributed by atoms with Crippen molar-refractivity contribution in [2.75, 3.05) is 43.0 Å². The van der Waals surface area contributed by atoms with Crippen molar-refractivity contribution < 1.29 is 10.2 Å². The molecule has 2 aromatic carbocycles. The summed E-state index contributed by atoms with van der Waals surface area (Å²) in [5.41, 5.74) is 3.19. The Bertz CT molecular complexity index is 1200. The van der Waals surface area contributed by atoms with Gasteiger partial charge in [0.2, 0.25) is 0 Å². The Hall–Kier alpha value is -3.91. The molecule has 0 unspecified atom stereocenters.